The van der Waals surface area contributed by atoms with Crippen LogP contribution in [0, 0.1) is 5.92 Å². The number of fused-ring (bicyclic) bond motifs is 1. The molecule has 8 nitrogen and oxygen atoms in total. The summed E-state index contributed by atoms with van der Waals surface area (Å²) in [5.41, 5.74) is 1.24. The van der Waals surface area contributed by atoms with E-state index in [0.29, 0.717) is 22.8 Å². The molecular weight excluding hydrogens is 454 g/mol. The number of pyridine rings is 1. The fraction of sp³-hybridized carbons (Fsp3) is 0.400. The van der Waals surface area contributed by atoms with E-state index in [1.165, 1.54) is 26.2 Å². The number of nitrogens with zero attached hydrogens (tertiary/aromatic N) is 3. The van der Waals surface area contributed by atoms with Gasteiger partial charge in [0.25, 0.3) is 0 Å². The molecule has 0 spiro atoms. The van der Waals surface area contributed by atoms with Gasteiger partial charge in [0.2, 0.25) is 0 Å². The molecule has 3 aromatic rings. The highest BCUT2D eigenvalue weighted by molar-refractivity contribution is 6.29. The van der Waals surface area contributed by atoms with E-state index in [1.807, 2.05) is 43.4 Å². The maximum atomic E-state index is 11.3. The zero-order chi connectivity index (χ0) is 24.9. The number of benzene rings is 1. The lowest BCUT2D eigenvalue weighted by atomic mass is 10.1. The Kier molecular flexibility index (Phi) is 11.4. The summed E-state index contributed by atoms with van der Waals surface area (Å²) in [7, 11) is 3.80. The molecule has 1 fully saturated rings. The van der Waals surface area contributed by atoms with E-state index >= 15 is 0 Å². The third-order valence-corrected chi connectivity index (χ3v) is 5.80. The molecule has 0 radical (unpaired) electrons. The molecular formula is C25H32ClN5O3. The summed E-state index contributed by atoms with van der Waals surface area (Å²) in [6.07, 6.45) is 6.23. The van der Waals surface area contributed by atoms with Crippen molar-refractivity contribution in [3.05, 3.63) is 53.3 Å². The molecule has 182 valence electrons. The molecule has 0 bridgehead atoms. The van der Waals surface area contributed by atoms with Gasteiger partial charge >= 0.3 is 0 Å². The Balaban J connectivity index is 0.000000189. The Hall–Kier alpha value is -3.10. The number of aldehydes is 2. The lowest BCUT2D eigenvalue weighted by molar-refractivity contribution is -0.109. The van der Waals surface area contributed by atoms with Gasteiger partial charge in [-0.3, -0.25) is 9.48 Å². The molecule has 0 amide bonds. The van der Waals surface area contributed by atoms with Crippen LogP contribution in [-0.4, -0.2) is 53.3 Å². The number of hydrogen-bond acceptors (Lipinski definition) is 7. The van der Waals surface area contributed by atoms with Crippen molar-refractivity contribution in [2.24, 2.45) is 5.92 Å². The van der Waals surface area contributed by atoms with E-state index in [0.717, 1.165) is 35.7 Å². The average Bonchev–Trinajstić information content (AvgIpc) is 3.45. The second-order valence-corrected chi connectivity index (χ2v) is 8.32. The van der Waals surface area contributed by atoms with Crippen molar-refractivity contribution in [2.45, 2.75) is 45.2 Å². The van der Waals surface area contributed by atoms with E-state index in [4.69, 9.17) is 11.6 Å². The smallest absolute Gasteiger partial charge is 0.180 e. The highest BCUT2D eigenvalue weighted by Gasteiger charge is 2.22. The fourth-order valence-electron chi connectivity index (χ4n) is 3.83. The topological polar surface area (TPSA) is 106 Å². The number of carbonyl (C=O) groups excluding carboxylic acids is 3. The molecule has 9 heteroatoms. The van der Waals surface area contributed by atoms with Gasteiger partial charge in [-0.25, -0.2) is 4.98 Å². The van der Waals surface area contributed by atoms with Crippen LogP contribution in [0.2, 0.25) is 5.15 Å². The van der Waals surface area contributed by atoms with Crippen LogP contribution < -0.4 is 10.6 Å². The number of ketones is 1. The molecule has 1 aliphatic carbocycles. The first-order valence-corrected chi connectivity index (χ1v) is 11.6. The number of carbonyl (C=O) groups is 3. The fourth-order valence-corrected chi connectivity index (χ4v) is 4.00. The molecule has 2 aromatic heterocycles. The van der Waals surface area contributed by atoms with Crippen molar-refractivity contribution in [1.82, 2.24) is 20.1 Å². The van der Waals surface area contributed by atoms with Crippen molar-refractivity contribution in [3.8, 4) is 0 Å². The second kappa shape index (κ2) is 14.2. The molecule has 1 aromatic carbocycles. The number of aromatic nitrogens is 3. The number of anilines is 1. The molecule has 4 rings (SSSR count). The quantitative estimate of drug-likeness (QED) is 0.294. The van der Waals surface area contributed by atoms with Crippen molar-refractivity contribution in [1.29, 1.82) is 0 Å². The summed E-state index contributed by atoms with van der Waals surface area (Å²) in [6.45, 7) is 1.65. The zero-order valence-corrected chi connectivity index (χ0v) is 20.6. The maximum Gasteiger partial charge on any atom is 0.180 e. The van der Waals surface area contributed by atoms with Crippen molar-refractivity contribution >= 4 is 46.7 Å². The predicted molar refractivity (Wildman–Crippen MR) is 135 cm³/mol. The molecule has 2 atom stereocenters. The first-order valence-electron chi connectivity index (χ1n) is 11.2. The molecule has 34 heavy (non-hydrogen) atoms. The Morgan fingerprint density at radius 1 is 1.12 bits per heavy atom. The van der Waals surface area contributed by atoms with Crippen LogP contribution in [0.1, 0.15) is 43.1 Å². The summed E-state index contributed by atoms with van der Waals surface area (Å²) in [4.78, 5) is 35.8. The van der Waals surface area contributed by atoms with E-state index in [2.05, 4.69) is 20.7 Å². The summed E-state index contributed by atoms with van der Waals surface area (Å²) >= 11 is 5.57. The van der Waals surface area contributed by atoms with Crippen molar-refractivity contribution < 1.29 is 14.4 Å². The van der Waals surface area contributed by atoms with Gasteiger partial charge in [0.05, 0.1) is 12.1 Å². The molecule has 1 saturated carbocycles. The molecule has 0 aliphatic heterocycles. The third kappa shape index (κ3) is 8.04. The largest absolute Gasteiger partial charge is 0.373 e. The van der Waals surface area contributed by atoms with Crippen LogP contribution in [0.4, 0.5) is 5.82 Å². The van der Waals surface area contributed by atoms with Crippen LogP contribution in [0.3, 0.4) is 0 Å². The van der Waals surface area contributed by atoms with Gasteiger partial charge in [0, 0.05) is 31.8 Å². The van der Waals surface area contributed by atoms with Crippen LogP contribution in [0.25, 0.3) is 10.9 Å². The van der Waals surface area contributed by atoms with E-state index in [-0.39, 0.29) is 12.3 Å². The summed E-state index contributed by atoms with van der Waals surface area (Å²) in [5.74, 6) is 1.37. The van der Waals surface area contributed by atoms with Gasteiger partial charge in [-0.05, 0) is 50.4 Å². The minimum Gasteiger partial charge on any atom is -0.373 e. The monoisotopic (exact) mass is 485 g/mol. The Bertz CT molecular complexity index is 1090. The number of nitrogens with one attached hydrogen (secondary N) is 2. The lowest BCUT2D eigenvalue weighted by Gasteiger charge is -2.06. The second-order valence-electron chi connectivity index (χ2n) is 7.93. The van der Waals surface area contributed by atoms with Crippen molar-refractivity contribution in [3.63, 3.8) is 0 Å². The first kappa shape index (κ1) is 27.1. The van der Waals surface area contributed by atoms with Crippen LogP contribution in [0.5, 0.6) is 0 Å². The SMILES string of the molecule is CC(=O)c1nn(CC=O)c2ccccc12.CNC1CCC(CC=O)C1.CNc1cccc(Cl)n1. The molecule has 1 aliphatic rings. The zero-order valence-electron chi connectivity index (χ0n) is 19.8. The van der Waals surface area contributed by atoms with E-state index in [1.54, 1.807) is 17.8 Å². The van der Waals surface area contributed by atoms with Gasteiger partial charge in [-0.2, -0.15) is 5.10 Å². The van der Waals surface area contributed by atoms with Crippen LogP contribution >= 0.6 is 11.6 Å². The lowest BCUT2D eigenvalue weighted by Crippen LogP contribution is -2.21. The number of para-hydroxylation sites is 1. The Morgan fingerprint density at radius 2 is 1.88 bits per heavy atom. The molecule has 2 unspecified atom stereocenters. The maximum absolute atomic E-state index is 11.3. The van der Waals surface area contributed by atoms with Crippen molar-refractivity contribution in [2.75, 3.05) is 19.4 Å². The summed E-state index contributed by atoms with van der Waals surface area (Å²) < 4.78 is 1.54. The number of halogens is 1. The normalized spacial score (nSPS) is 16.6. The highest BCUT2D eigenvalue weighted by Crippen LogP contribution is 2.26. The van der Waals surface area contributed by atoms with Crippen LogP contribution in [-0.2, 0) is 16.1 Å². The summed E-state index contributed by atoms with van der Waals surface area (Å²) in [6, 6.07) is 13.5. The number of hydrogen-bond donors (Lipinski definition) is 2. The van der Waals surface area contributed by atoms with E-state index in [9.17, 15) is 14.4 Å². The minimum atomic E-state index is -0.0872. The average molecular weight is 486 g/mol. The summed E-state index contributed by atoms with van der Waals surface area (Å²) in [5, 5.41) is 11.5. The Labute approximate surface area is 205 Å². The molecule has 2 heterocycles. The van der Waals surface area contributed by atoms with Gasteiger partial charge in [-0.15, -0.1) is 0 Å². The standard InChI is InChI=1S/C11H10N2O2.C8H15NO.C6H7ClN2/c1-8(15)11-9-4-2-3-5-10(9)13(12-11)6-7-14;1-9-8-3-2-7(6-8)4-5-10;1-8-6-4-2-3-5(7)9-6/h2-5,7H,6H2,1H3;5,7-9H,2-4,6H2,1H3;2-4H,1H3,(H,8,9). The first-order chi connectivity index (χ1) is 16.4. The minimum absolute atomic E-state index is 0.0872. The molecule has 2 N–H and O–H groups in total. The van der Waals surface area contributed by atoms with Gasteiger partial charge in [-0.1, -0.05) is 35.9 Å². The van der Waals surface area contributed by atoms with Gasteiger partial charge < -0.3 is 20.2 Å². The predicted octanol–water partition coefficient (Wildman–Crippen LogP) is 4.18. The number of rotatable bonds is 7. The van der Waals surface area contributed by atoms with Crippen LogP contribution in [0.15, 0.2) is 42.5 Å². The van der Waals surface area contributed by atoms with E-state index < -0.39 is 0 Å². The molecule has 0 saturated heterocycles. The highest BCUT2D eigenvalue weighted by atomic mass is 35.5. The Morgan fingerprint density at radius 3 is 2.44 bits per heavy atom. The van der Waals surface area contributed by atoms with Gasteiger partial charge in [0.1, 0.15) is 29.2 Å². The number of Topliss-reactive ketones (excluding diaryl/α,β-unsaturated/α-hetero) is 1. The third-order valence-electron chi connectivity index (χ3n) is 5.59. The van der Waals surface area contributed by atoms with Gasteiger partial charge in [0.15, 0.2) is 5.78 Å².